The molecule has 2 N–H and O–H groups in total. The second kappa shape index (κ2) is 10.6. The standard InChI is InChI=1S/C27H27N2O5P/c1-3-34-26(30)24-23(28-27(31)29-25(24)19-14-16-20(33-2)17-15-19)18-35(32,21-10-6-4-7-11-21)22-12-8-5-9-13-22/h4-17,25H,3,18H2,1-2H3,(H2,28,29,31)/t25-/m1/s1. The van der Waals surface area contributed by atoms with E-state index in [1.165, 1.54) is 0 Å². The molecule has 3 aromatic rings. The molecule has 35 heavy (non-hydrogen) atoms. The van der Waals surface area contributed by atoms with Gasteiger partial charge in [-0.1, -0.05) is 72.8 Å². The minimum atomic E-state index is -3.27. The number of amides is 2. The molecule has 4 rings (SSSR count). The van der Waals surface area contributed by atoms with Crippen LogP contribution in [0.5, 0.6) is 5.75 Å². The Morgan fingerprint density at radius 2 is 1.49 bits per heavy atom. The Balaban J connectivity index is 1.87. The maximum atomic E-state index is 14.7. The van der Waals surface area contributed by atoms with Crippen molar-refractivity contribution >= 4 is 29.8 Å². The van der Waals surface area contributed by atoms with Gasteiger partial charge in [-0.3, -0.25) is 0 Å². The van der Waals surface area contributed by atoms with Crippen LogP contribution in [0.1, 0.15) is 18.5 Å². The molecule has 7 nitrogen and oxygen atoms in total. The van der Waals surface area contributed by atoms with Gasteiger partial charge in [-0.2, -0.15) is 0 Å². The van der Waals surface area contributed by atoms with Gasteiger partial charge in [0.25, 0.3) is 0 Å². The number of rotatable bonds is 8. The van der Waals surface area contributed by atoms with E-state index in [1.807, 2.05) is 60.7 Å². The number of hydrogen-bond donors (Lipinski definition) is 2. The minimum absolute atomic E-state index is 0.0464. The molecule has 1 aliphatic heterocycles. The number of benzene rings is 3. The van der Waals surface area contributed by atoms with Gasteiger partial charge in [0.15, 0.2) is 0 Å². The van der Waals surface area contributed by atoms with Crippen LogP contribution in [0.2, 0.25) is 0 Å². The predicted molar refractivity (Wildman–Crippen MR) is 136 cm³/mol. The van der Waals surface area contributed by atoms with Gasteiger partial charge in [-0.05, 0) is 24.6 Å². The van der Waals surface area contributed by atoms with Gasteiger partial charge in [0.1, 0.15) is 12.9 Å². The third-order valence-corrected chi connectivity index (χ3v) is 8.85. The van der Waals surface area contributed by atoms with Crippen LogP contribution in [-0.4, -0.2) is 31.9 Å². The number of esters is 1. The molecule has 0 aliphatic carbocycles. The number of carbonyl (C=O) groups is 2. The summed E-state index contributed by atoms with van der Waals surface area (Å²) in [5.41, 5.74) is 1.18. The second-order valence-electron chi connectivity index (χ2n) is 7.99. The maximum Gasteiger partial charge on any atom is 0.338 e. The lowest BCUT2D eigenvalue weighted by molar-refractivity contribution is -0.139. The van der Waals surface area contributed by atoms with Gasteiger partial charge >= 0.3 is 12.0 Å². The molecule has 0 saturated heterocycles. The maximum absolute atomic E-state index is 14.7. The van der Waals surface area contributed by atoms with Crippen LogP contribution in [0.4, 0.5) is 4.79 Å². The lowest BCUT2D eigenvalue weighted by Crippen LogP contribution is -2.47. The Morgan fingerprint density at radius 1 is 0.914 bits per heavy atom. The van der Waals surface area contributed by atoms with Crippen molar-refractivity contribution in [2.45, 2.75) is 13.0 Å². The molecule has 0 aromatic heterocycles. The number of ether oxygens (including phenoxy) is 2. The van der Waals surface area contributed by atoms with Gasteiger partial charge < -0.3 is 24.7 Å². The first-order valence-electron chi connectivity index (χ1n) is 11.3. The van der Waals surface area contributed by atoms with E-state index >= 15 is 0 Å². The SMILES string of the molecule is CCOC(=O)C1=C(CP(=O)(c2ccccc2)c2ccccc2)NC(=O)N[C@@H]1c1ccc(OC)cc1. The van der Waals surface area contributed by atoms with Crippen LogP contribution in [0.3, 0.4) is 0 Å². The van der Waals surface area contributed by atoms with Crippen LogP contribution in [0.15, 0.2) is 96.2 Å². The highest BCUT2D eigenvalue weighted by Crippen LogP contribution is 2.46. The summed E-state index contributed by atoms with van der Waals surface area (Å²) >= 11 is 0. The smallest absolute Gasteiger partial charge is 0.338 e. The van der Waals surface area contributed by atoms with E-state index in [0.29, 0.717) is 21.9 Å². The third kappa shape index (κ3) is 5.15. The molecule has 0 radical (unpaired) electrons. The predicted octanol–water partition coefficient (Wildman–Crippen LogP) is 3.88. The zero-order valence-electron chi connectivity index (χ0n) is 19.6. The summed E-state index contributed by atoms with van der Waals surface area (Å²) < 4.78 is 25.3. The van der Waals surface area contributed by atoms with Gasteiger partial charge in [-0.25, -0.2) is 9.59 Å². The molecule has 0 unspecified atom stereocenters. The topological polar surface area (TPSA) is 93.7 Å². The summed E-state index contributed by atoms with van der Waals surface area (Å²) in [6.07, 6.45) is -0.0464. The normalized spacial score (nSPS) is 15.7. The quantitative estimate of drug-likeness (QED) is 0.369. The molecule has 1 aliphatic rings. The summed E-state index contributed by atoms with van der Waals surface area (Å²) in [5.74, 6) is 0.0667. The van der Waals surface area contributed by atoms with Crippen LogP contribution < -0.4 is 26.0 Å². The first kappa shape index (κ1) is 24.3. The Morgan fingerprint density at radius 3 is 2.00 bits per heavy atom. The Kier molecular flexibility index (Phi) is 7.37. The van der Waals surface area contributed by atoms with Gasteiger partial charge in [0.2, 0.25) is 0 Å². The summed E-state index contributed by atoms with van der Waals surface area (Å²) in [7, 11) is -1.71. The molecular formula is C27H27N2O5P. The first-order valence-corrected chi connectivity index (χ1v) is 13.2. The molecule has 2 amide bonds. The fourth-order valence-electron chi connectivity index (χ4n) is 4.13. The molecule has 180 valence electrons. The average molecular weight is 490 g/mol. The van der Waals surface area contributed by atoms with Crippen molar-refractivity contribution in [1.29, 1.82) is 0 Å². The molecule has 8 heteroatoms. The second-order valence-corrected chi connectivity index (χ2v) is 10.8. The van der Waals surface area contributed by atoms with E-state index in [0.717, 1.165) is 0 Å². The molecule has 3 aromatic carbocycles. The van der Waals surface area contributed by atoms with Crippen LogP contribution in [0, 0.1) is 0 Å². The van der Waals surface area contributed by atoms with E-state index in [4.69, 9.17) is 9.47 Å². The highest BCUT2D eigenvalue weighted by molar-refractivity contribution is 7.78. The van der Waals surface area contributed by atoms with Crippen LogP contribution in [-0.2, 0) is 14.1 Å². The lowest BCUT2D eigenvalue weighted by Gasteiger charge is -2.31. The highest BCUT2D eigenvalue weighted by Gasteiger charge is 2.38. The number of carbonyl (C=O) groups excluding carboxylic acids is 2. The summed E-state index contributed by atoms with van der Waals surface area (Å²) in [5, 5.41) is 6.84. The van der Waals surface area contributed by atoms with Crippen molar-refractivity contribution in [3.8, 4) is 5.75 Å². The molecule has 0 spiro atoms. The van der Waals surface area contributed by atoms with Gasteiger partial charge in [0.05, 0.1) is 25.3 Å². The fraction of sp³-hybridized carbons (Fsp3) is 0.185. The molecular weight excluding hydrogens is 463 g/mol. The summed E-state index contributed by atoms with van der Waals surface area (Å²) in [4.78, 5) is 25.9. The van der Waals surface area contributed by atoms with Crippen LogP contribution in [0.25, 0.3) is 0 Å². The number of urea groups is 1. The van der Waals surface area contributed by atoms with Gasteiger partial charge in [-0.15, -0.1) is 0 Å². The zero-order chi connectivity index (χ0) is 24.8. The highest BCUT2D eigenvalue weighted by atomic mass is 31.2. The van der Waals surface area contributed by atoms with E-state index in [9.17, 15) is 14.2 Å². The van der Waals surface area contributed by atoms with E-state index in [-0.39, 0.29) is 24.0 Å². The van der Waals surface area contributed by atoms with E-state index < -0.39 is 25.2 Å². The zero-order valence-corrected chi connectivity index (χ0v) is 20.5. The number of methoxy groups -OCH3 is 1. The van der Waals surface area contributed by atoms with Crippen molar-refractivity contribution in [1.82, 2.24) is 10.6 Å². The molecule has 1 atom stereocenters. The molecule has 0 fully saturated rings. The lowest BCUT2D eigenvalue weighted by atomic mass is 9.95. The van der Waals surface area contributed by atoms with E-state index in [2.05, 4.69) is 10.6 Å². The summed E-state index contributed by atoms with van der Waals surface area (Å²) in [6, 6.07) is 24.1. The monoisotopic (exact) mass is 490 g/mol. The van der Waals surface area contributed by atoms with Crippen molar-refractivity contribution < 1.29 is 23.6 Å². The Hall–Kier alpha value is -3.83. The van der Waals surface area contributed by atoms with Crippen molar-refractivity contribution in [2.24, 2.45) is 0 Å². The van der Waals surface area contributed by atoms with Crippen molar-refractivity contribution in [2.75, 3.05) is 19.9 Å². The Labute approximate surface area is 204 Å². The average Bonchev–Trinajstić information content (AvgIpc) is 2.89. The first-order chi connectivity index (χ1) is 17.0. The van der Waals surface area contributed by atoms with E-state index in [1.54, 1.807) is 38.3 Å². The number of hydrogen-bond acceptors (Lipinski definition) is 5. The Bertz CT molecular complexity index is 1230. The number of allylic oxidation sites excluding steroid dienone is 1. The largest absolute Gasteiger partial charge is 0.497 e. The van der Waals surface area contributed by atoms with Gasteiger partial charge in [0, 0.05) is 22.5 Å². The van der Waals surface area contributed by atoms with Crippen LogP contribution >= 0.6 is 7.14 Å². The summed E-state index contributed by atoms with van der Waals surface area (Å²) in [6.45, 7) is 1.88. The van der Waals surface area contributed by atoms with Crippen molar-refractivity contribution in [3.05, 3.63) is 102 Å². The molecule has 1 heterocycles. The third-order valence-electron chi connectivity index (χ3n) is 5.83. The van der Waals surface area contributed by atoms with Crippen molar-refractivity contribution in [3.63, 3.8) is 0 Å². The molecule has 0 saturated carbocycles. The molecule has 0 bridgehead atoms. The minimum Gasteiger partial charge on any atom is -0.497 e. The fourth-order valence-corrected chi connectivity index (χ4v) is 6.80. The number of nitrogens with one attached hydrogen (secondary N) is 2.